The van der Waals surface area contributed by atoms with Crippen LogP contribution in [0.1, 0.15) is 18.2 Å². The summed E-state index contributed by atoms with van der Waals surface area (Å²) in [6.45, 7) is 5.63. The minimum absolute atomic E-state index is 0.773. The Balaban J connectivity index is 2.20. The fourth-order valence-electron chi connectivity index (χ4n) is 1.43. The van der Waals surface area contributed by atoms with Crippen LogP contribution in [0, 0.1) is 0 Å². The molecule has 0 radical (unpaired) electrons. The molecule has 3 heteroatoms. The van der Waals surface area contributed by atoms with Gasteiger partial charge in [-0.25, -0.2) is 0 Å². The number of halogens is 1. The van der Waals surface area contributed by atoms with Crippen LogP contribution in [0.3, 0.4) is 0 Å². The molecule has 0 unspecified atom stereocenters. The first-order chi connectivity index (χ1) is 6.86. The highest BCUT2D eigenvalue weighted by atomic mass is 35.5. The van der Waals surface area contributed by atoms with Crippen LogP contribution in [0.15, 0.2) is 17.5 Å². The molecule has 1 aromatic heterocycles. The normalized spacial score (nSPS) is 11.1. The van der Waals surface area contributed by atoms with Crippen molar-refractivity contribution in [3.8, 4) is 0 Å². The van der Waals surface area contributed by atoms with Gasteiger partial charge in [-0.1, -0.05) is 13.0 Å². The number of likely N-dealkylation sites (N-methyl/N-ethyl adjacent to an activating group) is 1. The van der Waals surface area contributed by atoms with Crippen molar-refractivity contribution in [1.82, 2.24) is 4.90 Å². The van der Waals surface area contributed by atoms with Crippen molar-refractivity contribution < 1.29 is 0 Å². The second-order valence-electron chi connectivity index (χ2n) is 3.31. The summed E-state index contributed by atoms with van der Waals surface area (Å²) in [6.07, 6.45) is 2.27. The molecule has 0 aliphatic heterocycles. The number of nitrogens with zero attached hydrogens (tertiary/aromatic N) is 1. The molecule has 0 aliphatic rings. The fourth-order valence-corrected chi connectivity index (χ4v) is 2.25. The molecule has 0 N–H and O–H groups in total. The van der Waals surface area contributed by atoms with Gasteiger partial charge in [-0.2, -0.15) is 0 Å². The summed E-state index contributed by atoms with van der Waals surface area (Å²) in [5.41, 5.74) is 0. The van der Waals surface area contributed by atoms with Crippen molar-refractivity contribution in [2.75, 3.05) is 25.5 Å². The average Bonchev–Trinajstić information content (AvgIpc) is 2.71. The predicted molar refractivity (Wildman–Crippen MR) is 65.5 cm³/mol. The van der Waals surface area contributed by atoms with Gasteiger partial charge in [-0.05, 0) is 37.4 Å². The van der Waals surface area contributed by atoms with Crippen LogP contribution in [-0.2, 0) is 6.42 Å². The molecular weight excluding hydrogens is 214 g/mol. The van der Waals surface area contributed by atoms with Gasteiger partial charge < -0.3 is 4.90 Å². The fraction of sp³-hybridized carbons (Fsp3) is 0.636. The summed E-state index contributed by atoms with van der Waals surface area (Å²) < 4.78 is 0. The van der Waals surface area contributed by atoms with E-state index < -0.39 is 0 Å². The van der Waals surface area contributed by atoms with E-state index in [9.17, 15) is 0 Å². The number of thiophene rings is 1. The van der Waals surface area contributed by atoms with E-state index >= 15 is 0 Å². The van der Waals surface area contributed by atoms with Gasteiger partial charge in [0.1, 0.15) is 0 Å². The first kappa shape index (κ1) is 12.0. The van der Waals surface area contributed by atoms with Crippen LogP contribution >= 0.6 is 22.9 Å². The molecule has 1 nitrogen and oxygen atoms in total. The number of alkyl halides is 1. The first-order valence-corrected chi connectivity index (χ1v) is 6.59. The minimum Gasteiger partial charge on any atom is -0.303 e. The molecular formula is C11H18ClNS. The molecule has 80 valence electrons. The van der Waals surface area contributed by atoms with E-state index in [-0.39, 0.29) is 0 Å². The Labute approximate surface area is 95.7 Å². The van der Waals surface area contributed by atoms with Crippen molar-refractivity contribution in [3.63, 3.8) is 0 Å². The standard InChI is InChI=1S/C11H18ClNS/c1-2-13(8-4-7-12)9-6-11-5-3-10-14-11/h3,5,10H,2,4,6-9H2,1H3. The van der Waals surface area contributed by atoms with Crippen LogP contribution in [0.4, 0.5) is 0 Å². The third-order valence-corrected chi connectivity index (χ3v) is 3.51. The van der Waals surface area contributed by atoms with E-state index in [2.05, 4.69) is 29.3 Å². The van der Waals surface area contributed by atoms with Crippen molar-refractivity contribution in [2.45, 2.75) is 19.8 Å². The third kappa shape index (κ3) is 4.45. The highest BCUT2D eigenvalue weighted by Crippen LogP contribution is 2.09. The van der Waals surface area contributed by atoms with Gasteiger partial charge in [0.05, 0.1) is 0 Å². The number of rotatable bonds is 7. The van der Waals surface area contributed by atoms with Gasteiger partial charge in [0.25, 0.3) is 0 Å². The van der Waals surface area contributed by atoms with Crippen molar-refractivity contribution in [2.24, 2.45) is 0 Å². The molecule has 0 fully saturated rings. The van der Waals surface area contributed by atoms with Gasteiger partial charge >= 0.3 is 0 Å². The average molecular weight is 232 g/mol. The SMILES string of the molecule is CCN(CCCCl)CCc1cccs1. The molecule has 1 aromatic rings. The first-order valence-electron chi connectivity index (χ1n) is 5.17. The summed E-state index contributed by atoms with van der Waals surface area (Å²) in [7, 11) is 0. The summed E-state index contributed by atoms with van der Waals surface area (Å²) in [5, 5.41) is 2.14. The van der Waals surface area contributed by atoms with Crippen molar-refractivity contribution in [3.05, 3.63) is 22.4 Å². The number of hydrogen-bond donors (Lipinski definition) is 0. The molecule has 0 bridgehead atoms. The summed E-state index contributed by atoms with van der Waals surface area (Å²) in [5.74, 6) is 0.773. The van der Waals surface area contributed by atoms with Gasteiger partial charge in [-0.3, -0.25) is 0 Å². The molecule has 1 heterocycles. The zero-order valence-corrected chi connectivity index (χ0v) is 10.3. The molecule has 0 saturated carbocycles. The van der Waals surface area contributed by atoms with Gasteiger partial charge in [0.2, 0.25) is 0 Å². The quantitative estimate of drug-likeness (QED) is 0.652. The lowest BCUT2D eigenvalue weighted by Gasteiger charge is -2.19. The molecule has 0 amide bonds. The molecule has 14 heavy (non-hydrogen) atoms. The highest BCUT2D eigenvalue weighted by Gasteiger charge is 2.02. The van der Waals surface area contributed by atoms with Gasteiger partial charge in [-0.15, -0.1) is 22.9 Å². The smallest absolute Gasteiger partial charge is 0.0235 e. The minimum atomic E-state index is 0.773. The second kappa shape index (κ2) is 7.27. The zero-order chi connectivity index (χ0) is 10.2. The molecule has 0 saturated heterocycles. The predicted octanol–water partition coefficient (Wildman–Crippen LogP) is 3.24. The van der Waals surface area contributed by atoms with Crippen LogP contribution in [0.2, 0.25) is 0 Å². The molecule has 0 atom stereocenters. The van der Waals surface area contributed by atoms with Crippen LogP contribution in [-0.4, -0.2) is 30.4 Å². The highest BCUT2D eigenvalue weighted by molar-refractivity contribution is 7.09. The molecule has 1 rings (SSSR count). The largest absolute Gasteiger partial charge is 0.303 e. The van der Waals surface area contributed by atoms with E-state index in [0.29, 0.717) is 0 Å². The molecule has 0 aromatic carbocycles. The Morgan fingerprint density at radius 3 is 2.86 bits per heavy atom. The number of hydrogen-bond acceptors (Lipinski definition) is 2. The maximum atomic E-state index is 5.68. The monoisotopic (exact) mass is 231 g/mol. The van der Waals surface area contributed by atoms with Gasteiger partial charge in [0, 0.05) is 17.3 Å². The maximum Gasteiger partial charge on any atom is 0.0235 e. The Morgan fingerprint density at radius 1 is 1.43 bits per heavy atom. The lowest BCUT2D eigenvalue weighted by molar-refractivity contribution is 0.294. The molecule has 0 aliphatic carbocycles. The Morgan fingerprint density at radius 2 is 2.29 bits per heavy atom. The maximum absolute atomic E-state index is 5.68. The van der Waals surface area contributed by atoms with Gasteiger partial charge in [0.15, 0.2) is 0 Å². The summed E-state index contributed by atoms with van der Waals surface area (Å²) in [4.78, 5) is 3.94. The summed E-state index contributed by atoms with van der Waals surface area (Å²) in [6, 6.07) is 4.33. The topological polar surface area (TPSA) is 3.24 Å². The van der Waals surface area contributed by atoms with E-state index in [1.807, 2.05) is 11.3 Å². The molecule has 0 spiro atoms. The third-order valence-electron chi connectivity index (χ3n) is 2.31. The van der Waals surface area contributed by atoms with Crippen LogP contribution < -0.4 is 0 Å². The van der Waals surface area contributed by atoms with Crippen molar-refractivity contribution >= 4 is 22.9 Å². The Kier molecular flexibility index (Phi) is 6.24. The second-order valence-corrected chi connectivity index (χ2v) is 4.72. The van der Waals surface area contributed by atoms with Crippen molar-refractivity contribution in [1.29, 1.82) is 0 Å². The van der Waals surface area contributed by atoms with Crippen LogP contribution in [0.5, 0.6) is 0 Å². The Hall–Kier alpha value is -0.0500. The van der Waals surface area contributed by atoms with E-state index in [1.54, 1.807) is 0 Å². The van der Waals surface area contributed by atoms with Crippen LogP contribution in [0.25, 0.3) is 0 Å². The van der Waals surface area contributed by atoms with E-state index in [0.717, 1.165) is 31.9 Å². The van der Waals surface area contributed by atoms with E-state index in [4.69, 9.17) is 11.6 Å². The summed E-state index contributed by atoms with van der Waals surface area (Å²) >= 11 is 7.52. The Bertz CT molecular complexity index is 223. The lowest BCUT2D eigenvalue weighted by Crippen LogP contribution is -2.27. The van der Waals surface area contributed by atoms with E-state index in [1.165, 1.54) is 11.3 Å². The zero-order valence-electron chi connectivity index (χ0n) is 8.71. The lowest BCUT2D eigenvalue weighted by atomic mass is 10.3.